The van der Waals surface area contributed by atoms with E-state index < -0.39 is 0 Å². The first-order chi connectivity index (χ1) is 10.7. The van der Waals surface area contributed by atoms with Crippen molar-refractivity contribution in [2.24, 2.45) is 10.7 Å². The SMILES string of the molecule is NC1=NCC2(CCN(C(=O)c3ccnc4[nH]ccc34)CC2)N1. The average Bonchev–Trinajstić information content (AvgIpc) is 3.14. The number of fused-ring (bicyclic) bond motifs is 1. The molecule has 0 radical (unpaired) electrons. The molecule has 2 aliphatic heterocycles. The Hall–Kier alpha value is -2.57. The Kier molecular flexibility index (Phi) is 2.82. The predicted octanol–water partition coefficient (Wildman–Crippen LogP) is 0.456. The van der Waals surface area contributed by atoms with E-state index in [4.69, 9.17) is 5.73 Å². The molecular weight excluding hydrogens is 280 g/mol. The van der Waals surface area contributed by atoms with Gasteiger partial charge in [-0.05, 0) is 25.0 Å². The Morgan fingerprint density at radius 2 is 2.14 bits per heavy atom. The summed E-state index contributed by atoms with van der Waals surface area (Å²) in [7, 11) is 0. The molecule has 1 fully saturated rings. The second-order valence-corrected chi connectivity index (χ2v) is 6.00. The number of hydrogen-bond donors (Lipinski definition) is 3. The van der Waals surface area contributed by atoms with Crippen molar-refractivity contribution in [2.45, 2.75) is 18.4 Å². The molecule has 0 saturated carbocycles. The van der Waals surface area contributed by atoms with Crippen LogP contribution in [0.4, 0.5) is 0 Å². The van der Waals surface area contributed by atoms with Crippen LogP contribution in [-0.2, 0) is 0 Å². The largest absolute Gasteiger partial charge is 0.370 e. The molecule has 2 aromatic rings. The third-order valence-corrected chi connectivity index (χ3v) is 4.64. The lowest BCUT2D eigenvalue weighted by Crippen LogP contribution is -2.55. The Morgan fingerprint density at radius 3 is 2.86 bits per heavy atom. The molecule has 1 amide bonds. The number of likely N-dealkylation sites (tertiary alicyclic amines) is 1. The van der Waals surface area contributed by atoms with Gasteiger partial charge in [-0.15, -0.1) is 0 Å². The number of aromatic nitrogens is 2. The zero-order chi connectivity index (χ0) is 15.2. The molecule has 114 valence electrons. The normalized spacial score (nSPS) is 20.2. The van der Waals surface area contributed by atoms with Gasteiger partial charge in [0.05, 0.1) is 17.6 Å². The molecule has 0 atom stereocenters. The molecule has 4 heterocycles. The fraction of sp³-hybridized carbons (Fsp3) is 0.400. The minimum atomic E-state index is -0.0531. The highest BCUT2D eigenvalue weighted by Gasteiger charge is 2.39. The highest BCUT2D eigenvalue weighted by Crippen LogP contribution is 2.27. The molecule has 0 aliphatic carbocycles. The number of guanidine groups is 1. The summed E-state index contributed by atoms with van der Waals surface area (Å²) in [5.74, 6) is 0.580. The molecule has 22 heavy (non-hydrogen) atoms. The summed E-state index contributed by atoms with van der Waals surface area (Å²) in [6, 6.07) is 3.69. The highest BCUT2D eigenvalue weighted by molar-refractivity contribution is 6.05. The number of H-pyrrole nitrogens is 1. The molecule has 0 bridgehead atoms. The van der Waals surface area contributed by atoms with Crippen LogP contribution < -0.4 is 11.1 Å². The van der Waals surface area contributed by atoms with E-state index in [9.17, 15) is 4.79 Å². The first kappa shape index (κ1) is 13.1. The Bertz CT molecular complexity index is 756. The summed E-state index contributed by atoms with van der Waals surface area (Å²) in [6.07, 6.45) is 5.21. The molecule has 2 aliphatic rings. The first-order valence-corrected chi connectivity index (χ1v) is 7.46. The number of nitrogens with zero attached hydrogens (tertiary/aromatic N) is 3. The van der Waals surface area contributed by atoms with Crippen LogP contribution in [0.2, 0.25) is 0 Å². The van der Waals surface area contributed by atoms with Crippen molar-refractivity contribution >= 4 is 22.9 Å². The summed E-state index contributed by atoms with van der Waals surface area (Å²) in [5, 5.41) is 4.14. The number of nitrogens with two attached hydrogens (primary N) is 1. The number of amides is 1. The van der Waals surface area contributed by atoms with Crippen molar-refractivity contribution < 1.29 is 4.79 Å². The standard InChI is InChI=1S/C15H18N6O/c16-14-19-9-15(20-14)3-7-21(8-4-15)13(22)11-2-6-18-12-10(11)1-5-17-12/h1-2,5-6H,3-4,7-9H2,(H,17,18)(H3,16,19,20). The third-order valence-electron chi connectivity index (χ3n) is 4.64. The molecule has 4 N–H and O–H groups in total. The average molecular weight is 298 g/mol. The van der Waals surface area contributed by atoms with Crippen LogP contribution >= 0.6 is 0 Å². The van der Waals surface area contributed by atoms with Crippen molar-refractivity contribution in [3.63, 3.8) is 0 Å². The van der Waals surface area contributed by atoms with Gasteiger partial charge in [0.2, 0.25) is 0 Å². The van der Waals surface area contributed by atoms with Crippen LogP contribution in [-0.4, -0.2) is 51.9 Å². The maximum Gasteiger partial charge on any atom is 0.254 e. The summed E-state index contributed by atoms with van der Waals surface area (Å²) >= 11 is 0. The van der Waals surface area contributed by atoms with Gasteiger partial charge >= 0.3 is 0 Å². The molecule has 0 aromatic carbocycles. The van der Waals surface area contributed by atoms with Crippen molar-refractivity contribution in [2.75, 3.05) is 19.6 Å². The Balaban J connectivity index is 1.52. The van der Waals surface area contributed by atoms with Gasteiger partial charge < -0.3 is 20.9 Å². The number of aliphatic imine (C=N–C) groups is 1. The fourth-order valence-corrected chi connectivity index (χ4v) is 3.33. The van der Waals surface area contributed by atoms with E-state index in [1.807, 2.05) is 17.2 Å². The van der Waals surface area contributed by atoms with E-state index in [0.29, 0.717) is 31.2 Å². The summed E-state index contributed by atoms with van der Waals surface area (Å²) in [4.78, 5) is 26.2. The second-order valence-electron chi connectivity index (χ2n) is 6.00. The van der Waals surface area contributed by atoms with Crippen LogP contribution in [0.25, 0.3) is 11.0 Å². The first-order valence-electron chi connectivity index (χ1n) is 7.46. The zero-order valence-corrected chi connectivity index (χ0v) is 12.2. The van der Waals surface area contributed by atoms with E-state index in [-0.39, 0.29) is 11.4 Å². The molecule has 7 nitrogen and oxygen atoms in total. The maximum atomic E-state index is 12.8. The lowest BCUT2D eigenvalue weighted by Gasteiger charge is -2.39. The third kappa shape index (κ3) is 2.01. The van der Waals surface area contributed by atoms with E-state index >= 15 is 0 Å². The number of rotatable bonds is 1. The van der Waals surface area contributed by atoms with Crippen molar-refractivity contribution in [1.29, 1.82) is 0 Å². The Morgan fingerprint density at radius 1 is 1.32 bits per heavy atom. The van der Waals surface area contributed by atoms with Crippen molar-refractivity contribution in [3.05, 3.63) is 30.1 Å². The van der Waals surface area contributed by atoms with Gasteiger partial charge in [0, 0.05) is 30.9 Å². The van der Waals surface area contributed by atoms with E-state index in [1.165, 1.54) is 0 Å². The lowest BCUT2D eigenvalue weighted by molar-refractivity contribution is 0.0670. The molecule has 1 spiro atoms. The van der Waals surface area contributed by atoms with E-state index in [0.717, 1.165) is 23.9 Å². The molecular formula is C15H18N6O. The molecule has 2 aromatic heterocycles. The fourth-order valence-electron chi connectivity index (χ4n) is 3.33. The van der Waals surface area contributed by atoms with Crippen LogP contribution in [0.1, 0.15) is 23.2 Å². The van der Waals surface area contributed by atoms with Gasteiger partial charge in [0.25, 0.3) is 5.91 Å². The van der Waals surface area contributed by atoms with Crippen molar-refractivity contribution in [1.82, 2.24) is 20.2 Å². The number of pyridine rings is 1. The summed E-state index contributed by atoms with van der Waals surface area (Å²) < 4.78 is 0. The number of piperidine rings is 1. The minimum absolute atomic E-state index is 0.0531. The second kappa shape index (κ2) is 4.72. The zero-order valence-electron chi connectivity index (χ0n) is 12.2. The molecule has 7 heteroatoms. The van der Waals surface area contributed by atoms with Gasteiger partial charge in [-0.1, -0.05) is 0 Å². The topological polar surface area (TPSA) is 99.4 Å². The van der Waals surface area contributed by atoms with Crippen molar-refractivity contribution in [3.8, 4) is 0 Å². The molecule has 1 saturated heterocycles. The Labute approximate surface area is 127 Å². The smallest absolute Gasteiger partial charge is 0.254 e. The molecule has 4 rings (SSSR count). The molecule has 0 unspecified atom stereocenters. The monoisotopic (exact) mass is 298 g/mol. The van der Waals surface area contributed by atoms with Gasteiger partial charge in [-0.25, -0.2) is 4.98 Å². The number of aromatic amines is 1. The number of carbonyl (C=O) groups is 1. The van der Waals surface area contributed by atoms with E-state index in [1.54, 1.807) is 12.3 Å². The van der Waals surface area contributed by atoms with Gasteiger partial charge in [0.1, 0.15) is 5.65 Å². The lowest BCUT2D eigenvalue weighted by atomic mass is 9.88. The van der Waals surface area contributed by atoms with Gasteiger partial charge in [-0.3, -0.25) is 9.79 Å². The quantitative estimate of drug-likeness (QED) is 0.712. The minimum Gasteiger partial charge on any atom is -0.370 e. The van der Waals surface area contributed by atoms with Crippen LogP contribution in [0.5, 0.6) is 0 Å². The van der Waals surface area contributed by atoms with Gasteiger partial charge in [-0.2, -0.15) is 0 Å². The van der Waals surface area contributed by atoms with Crippen LogP contribution in [0.15, 0.2) is 29.5 Å². The van der Waals surface area contributed by atoms with Crippen LogP contribution in [0.3, 0.4) is 0 Å². The number of carbonyl (C=O) groups excluding carboxylic acids is 1. The number of hydrogen-bond acceptors (Lipinski definition) is 5. The predicted molar refractivity (Wildman–Crippen MR) is 83.6 cm³/mol. The van der Waals surface area contributed by atoms with E-state index in [2.05, 4.69) is 20.3 Å². The summed E-state index contributed by atoms with van der Waals surface area (Å²) in [5.41, 5.74) is 7.13. The highest BCUT2D eigenvalue weighted by atomic mass is 16.2. The maximum absolute atomic E-state index is 12.8. The number of nitrogens with one attached hydrogen (secondary N) is 2. The van der Waals surface area contributed by atoms with Gasteiger partial charge in [0.15, 0.2) is 5.96 Å². The van der Waals surface area contributed by atoms with Crippen LogP contribution in [0, 0.1) is 0 Å². The summed E-state index contributed by atoms with van der Waals surface area (Å²) in [6.45, 7) is 2.13.